The zero-order chi connectivity index (χ0) is 15.0. The van der Waals surface area contributed by atoms with E-state index in [1.165, 1.54) is 10.8 Å². The van der Waals surface area contributed by atoms with E-state index in [0.717, 1.165) is 0 Å². The number of azo groups is 1. The van der Waals surface area contributed by atoms with Crippen molar-refractivity contribution in [1.29, 1.82) is 0 Å². The van der Waals surface area contributed by atoms with Crippen LogP contribution in [0.5, 0.6) is 0 Å². The van der Waals surface area contributed by atoms with Gasteiger partial charge in [0.1, 0.15) is 0 Å². The topological polar surface area (TPSA) is 82.1 Å². The molecule has 0 aliphatic rings. The Labute approximate surface area is 126 Å². The number of fused-ring (bicyclic) bond motifs is 1. The zero-order valence-corrected chi connectivity index (χ0v) is 11.7. The van der Waals surface area contributed by atoms with Gasteiger partial charge >= 0.3 is 0 Å². The molecular formula is C16H14N6. The number of benzene rings is 2. The first kappa shape index (κ1) is 13.7. The fourth-order valence-corrected chi connectivity index (χ4v) is 1.85. The van der Waals surface area contributed by atoms with Crippen molar-refractivity contribution in [2.45, 2.75) is 0 Å². The molecule has 2 aromatic heterocycles. The van der Waals surface area contributed by atoms with Crippen LogP contribution in [0, 0.1) is 0 Å². The number of aromatic nitrogens is 4. The van der Waals surface area contributed by atoms with Crippen LogP contribution in [0.3, 0.4) is 0 Å². The average Bonchev–Trinajstić information content (AvgIpc) is 3.27. The monoisotopic (exact) mass is 290 g/mol. The van der Waals surface area contributed by atoms with E-state index in [1.807, 2.05) is 0 Å². The molecule has 108 valence electrons. The first-order valence-corrected chi connectivity index (χ1v) is 6.76. The fourth-order valence-electron chi connectivity index (χ4n) is 1.85. The van der Waals surface area contributed by atoms with Crippen molar-refractivity contribution in [1.82, 2.24) is 20.4 Å². The molecule has 6 nitrogen and oxygen atoms in total. The third-order valence-electron chi connectivity index (χ3n) is 2.90. The lowest BCUT2D eigenvalue weighted by Crippen LogP contribution is -1.67. The Kier molecular flexibility index (Phi) is 4.32. The Morgan fingerprint density at radius 3 is 1.32 bits per heavy atom. The average molecular weight is 290 g/mol. The Morgan fingerprint density at radius 1 is 0.591 bits per heavy atom. The number of aromatic amines is 2. The normalized spacial score (nSPS) is 10.5. The SMILES string of the molecule is c1cc(N=Nc2ccn[nH]2)[nH]n1.c1ccc2ccccc2c1. The summed E-state index contributed by atoms with van der Waals surface area (Å²) < 4.78 is 0. The predicted octanol–water partition coefficient (Wildman–Crippen LogP) is 4.39. The maximum Gasteiger partial charge on any atom is 0.170 e. The van der Waals surface area contributed by atoms with Crippen LogP contribution in [-0.2, 0) is 0 Å². The molecule has 2 N–H and O–H groups in total. The lowest BCUT2D eigenvalue weighted by Gasteiger charge is -1.92. The molecule has 0 aliphatic carbocycles. The summed E-state index contributed by atoms with van der Waals surface area (Å²) in [6.45, 7) is 0. The van der Waals surface area contributed by atoms with E-state index >= 15 is 0 Å². The minimum Gasteiger partial charge on any atom is -0.260 e. The molecule has 0 radical (unpaired) electrons. The minimum atomic E-state index is 0.615. The van der Waals surface area contributed by atoms with Crippen LogP contribution in [0.4, 0.5) is 11.6 Å². The van der Waals surface area contributed by atoms with Gasteiger partial charge in [-0.25, -0.2) is 0 Å². The first-order valence-electron chi connectivity index (χ1n) is 6.76. The maximum absolute atomic E-state index is 3.84. The molecule has 0 unspecified atom stereocenters. The van der Waals surface area contributed by atoms with Crippen molar-refractivity contribution >= 4 is 22.4 Å². The third-order valence-corrected chi connectivity index (χ3v) is 2.90. The van der Waals surface area contributed by atoms with Crippen molar-refractivity contribution in [3.8, 4) is 0 Å². The largest absolute Gasteiger partial charge is 0.260 e. The van der Waals surface area contributed by atoms with Gasteiger partial charge in [0, 0.05) is 12.1 Å². The Morgan fingerprint density at radius 2 is 1.00 bits per heavy atom. The molecule has 0 bridgehead atoms. The zero-order valence-electron chi connectivity index (χ0n) is 11.7. The highest BCUT2D eigenvalue weighted by molar-refractivity contribution is 5.81. The molecule has 0 fully saturated rings. The van der Waals surface area contributed by atoms with E-state index in [4.69, 9.17) is 0 Å². The number of nitrogens with zero attached hydrogens (tertiary/aromatic N) is 4. The van der Waals surface area contributed by atoms with Crippen LogP contribution in [0.1, 0.15) is 0 Å². The smallest absolute Gasteiger partial charge is 0.170 e. The van der Waals surface area contributed by atoms with Gasteiger partial charge in [-0.05, 0) is 10.8 Å². The molecule has 0 amide bonds. The Hall–Kier alpha value is -3.28. The van der Waals surface area contributed by atoms with Gasteiger partial charge < -0.3 is 0 Å². The van der Waals surface area contributed by atoms with Gasteiger partial charge in [-0.15, -0.1) is 10.2 Å². The van der Waals surface area contributed by atoms with Crippen molar-refractivity contribution in [2.24, 2.45) is 10.2 Å². The highest BCUT2D eigenvalue weighted by atomic mass is 15.3. The summed E-state index contributed by atoms with van der Waals surface area (Å²) in [6.07, 6.45) is 3.22. The van der Waals surface area contributed by atoms with Crippen molar-refractivity contribution < 1.29 is 0 Å². The molecule has 0 saturated carbocycles. The lowest BCUT2D eigenvalue weighted by molar-refractivity contribution is 1.02. The molecule has 4 aromatic rings. The summed E-state index contributed by atoms with van der Waals surface area (Å²) in [7, 11) is 0. The molecule has 0 atom stereocenters. The highest BCUT2D eigenvalue weighted by Gasteiger charge is 1.89. The molecule has 0 saturated heterocycles. The fraction of sp³-hybridized carbons (Fsp3) is 0. The molecular weight excluding hydrogens is 276 g/mol. The number of H-pyrrole nitrogens is 2. The van der Waals surface area contributed by atoms with Gasteiger partial charge in [0.25, 0.3) is 0 Å². The number of rotatable bonds is 2. The molecule has 6 heteroatoms. The van der Waals surface area contributed by atoms with Crippen LogP contribution in [0.15, 0.2) is 83.3 Å². The van der Waals surface area contributed by atoms with Crippen LogP contribution in [-0.4, -0.2) is 20.4 Å². The minimum absolute atomic E-state index is 0.615. The second kappa shape index (κ2) is 6.94. The molecule has 2 aromatic carbocycles. The van der Waals surface area contributed by atoms with Gasteiger partial charge in [0.05, 0.1) is 12.4 Å². The van der Waals surface area contributed by atoms with Crippen LogP contribution >= 0.6 is 0 Å². The van der Waals surface area contributed by atoms with E-state index in [9.17, 15) is 0 Å². The molecule has 0 aliphatic heterocycles. The third kappa shape index (κ3) is 3.63. The number of nitrogens with one attached hydrogen (secondary N) is 2. The molecule has 2 heterocycles. The Balaban J connectivity index is 0.000000133. The quantitative estimate of drug-likeness (QED) is 0.537. The molecule has 22 heavy (non-hydrogen) atoms. The summed E-state index contributed by atoms with van der Waals surface area (Å²) in [6, 6.07) is 20.2. The number of hydrogen-bond donors (Lipinski definition) is 2. The van der Waals surface area contributed by atoms with Gasteiger partial charge in [0.2, 0.25) is 0 Å². The highest BCUT2D eigenvalue weighted by Crippen LogP contribution is 2.12. The van der Waals surface area contributed by atoms with Crippen LogP contribution < -0.4 is 0 Å². The van der Waals surface area contributed by atoms with E-state index < -0.39 is 0 Å². The van der Waals surface area contributed by atoms with Gasteiger partial charge in [-0.2, -0.15) is 10.2 Å². The Bertz CT molecular complexity index is 732. The van der Waals surface area contributed by atoms with Crippen LogP contribution in [0.25, 0.3) is 10.8 Å². The van der Waals surface area contributed by atoms with Crippen LogP contribution in [0.2, 0.25) is 0 Å². The van der Waals surface area contributed by atoms with E-state index in [1.54, 1.807) is 24.5 Å². The summed E-state index contributed by atoms with van der Waals surface area (Å²) in [5.74, 6) is 1.23. The molecule has 0 spiro atoms. The number of hydrogen-bond acceptors (Lipinski definition) is 4. The van der Waals surface area contributed by atoms with Crippen molar-refractivity contribution in [3.05, 3.63) is 73.1 Å². The van der Waals surface area contributed by atoms with Gasteiger partial charge in [0.15, 0.2) is 11.6 Å². The van der Waals surface area contributed by atoms with Gasteiger partial charge in [-0.3, -0.25) is 10.2 Å². The lowest BCUT2D eigenvalue weighted by atomic mass is 10.1. The maximum atomic E-state index is 3.84. The van der Waals surface area contributed by atoms with Gasteiger partial charge in [-0.1, -0.05) is 48.5 Å². The predicted molar refractivity (Wildman–Crippen MR) is 85.3 cm³/mol. The molecule has 4 rings (SSSR count). The summed E-state index contributed by atoms with van der Waals surface area (Å²) in [4.78, 5) is 0. The summed E-state index contributed by atoms with van der Waals surface area (Å²) >= 11 is 0. The van der Waals surface area contributed by atoms with Crippen molar-refractivity contribution in [3.63, 3.8) is 0 Å². The van der Waals surface area contributed by atoms with E-state index in [-0.39, 0.29) is 0 Å². The van der Waals surface area contributed by atoms with E-state index in [2.05, 4.69) is 79.2 Å². The summed E-state index contributed by atoms with van der Waals surface area (Å²) in [5, 5.41) is 23.1. The summed E-state index contributed by atoms with van der Waals surface area (Å²) in [5.41, 5.74) is 0. The van der Waals surface area contributed by atoms with E-state index in [0.29, 0.717) is 11.6 Å². The first-order chi connectivity index (χ1) is 10.9. The second-order valence-electron chi connectivity index (χ2n) is 4.43. The standard InChI is InChI=1S/C10H8.C6H6N6/c1-2-6-10-8-4-3-7-9(10)5-1;1-3-7-9-5(1)11-12-6-2-4-8-10-6/h1-8H;1-4H,(H,7,9)(H,8,10). The second-order valence-corrected chi connectivity index (χ2v) is 4.43. The van der Waals surface area contributed by atoms with Crippen molar-refractivity contribution in [2.75, 3.05) is 0 Å².